The molecule has 6 aromatic rings. The van der Waals surface area contributed by atoms with Gasteiger partial charge in [0.2, 0.25) is 11.9 Å². The van der Waals surface area contributed by atoms with Crippen LogP contribution in [0.3, 0.4) is 0 Å². The highest BCUT2D eigenvalue weighted by Gasteiger charge is 2.22. The van der Waals surface area contributed by atoms with Gasteiger partial charge in [-0.25, -0.2) is 19.6 Å². The van der Waals surface area contributed by atoms with Gasteiger partial charge in [0.25, 0.3) is 5.69 Å². The fourth-order valence-electron chi connectivity index (χ4n) is 5.42. The zero-order valence-electron chi connectivity index (χ0n) is 38.3. The third kappa shape index (κ3) is 13.7. The van der Waals surface area contributed by atoms with Gasteiger partial charge in [-0.15, -0.1) is 10.2 Å². The Labute approximate surface area is 371 Å². The summed E-state index contributed by atoms with van der Waals surface area (Å²) >= 11 is 0. The van der Waals surface area contributed by atoms with Crippen LogP contribution in [0.4, 0.5) is 67.5 Å². The highest BCUT2D eigenvalue weighted by molar-refractivity contribution is 5.73. The lowest BCUT2D eigenvalue weighted by molar-refractivity contribution is -0.384. The quantitative estimate of drug-likeness (QED) is 0.0449. The predicted molar refractivity (Wildman–Crippen MR) is 245 cm³/mol. The molecule has 0 fully saturated rings. The lowest BCUT2D eigenvalue weighted by Crippen LogP contribution is -2.28. The van der Waals surface area contributed by atoms with Crippen LogP contribution in [0.5, 0.6) is 0 Å². The number of carbonyl (C=O) groups excluding carboxylic acids is 2. The van der Waals surface area contributed by atoms with Gasteiger partial charge in [-0.1, -0.05) is 12.1 Å². The standard InChI is InChI=1S/C21H25N7O4.C21H27N7O2.CH4O/c1-12-7-8-15(28(30)31)10-16(12)23-19-22-11-13(2)18(25-19)24-17-9-14(3)27(26-17)20(29)32-21(4,5)6;1-12-7-8-15(22)10-16(12)24-19-23-11-13(2)18(26-19)25-17-9-14(3)28(27-17)20(29)30-21(4,5)6;1-2/h7-11H,1-6H3,(H2,22,23,24,25,26);7-11H,22H2,1-6H3,(H2,23,24,25,26,27);2H,1H3. The van der Waals surface area contributed by atoms with Gasteiger partial charge in [-0.2, -0.15) is 19.3 Å². The molecule has 0 amide bonds. The van der Waals surface area contributed by atoms with E-state index in [4.69, 9.17) is 20.3 Å². The molecule has 0 spiro atoms. The monoisotopic (exact) mass is 880 g/mol. The summed E-state index contributed by atoms with van der Waals surface area (Å²) < 4.78 is 13.1. The van der Waals surface area contributed by atoms with Crippen LogP contribution in [0, 0.1) is 51.7 Å². The van der Waals surface area contributed by atoms with E-state index >= 15 is 0 Å². The molecule has 0 aliphatic heterocycles. The molecule has 0 bridgehead atoms. The molecule has 2 aromatic carbocycles. The number of nitrogens with one attached hydrogen (secondary N) is 4. The smallest absolute Gasteiger partial charge is 0.435 e. The first kappa shape index (κ1) is 49.0. The molecule has 64 heavy (non-hydrogen) atoms. The molecule has 0 aliphatic rings. The number of aromatic nitrogens is 8. The summed E-state index contributed by atoms with van der Waals surface area (Å²) in [6.07, 6.45) is 2.21. The largest absolute Gasteiger partial charge is 0.442 e. The van der Waals surface area contributed by atoms with Crippen LogP contribution < -0.4 is 27.0 Å². The molecule has 6 rings (SSSR count). The number of nitrogens with two attached hydrogens (primary N) is 1. The Morgan fingerprint density at radius 3 is 1.45 bits per heavy atom. The molecule has 0 aliphatic carbocycles. The van der Waals surface area contributed by atoms with E-state index < -0.39 is 28.3 Å². The number of nitrogens with zero attached hydrogens (tertiary/aromatic N) is 9. The van der Waals surface area contributed by atoms with E-state index in [1.165, 1.54) is 21.5 Å². The number of nitro groups is 1. The van der Waals surface area contributed by atoms with Crippen molar-refractivity contribution in [3.8, 4) is 0 Å². The first-order chi connectivity index (χ1) is 29.9. The van der Waals surface area contributed by atoms with E-state index in [9.17, 15) is 19.7 Å². The van der Waals surface area contributed by atoms with Gasteiger partial charge in [0.15, 0.2) is 11.6 Å². The Morgan fingerprint density at radius 2 is 1.05 bits per heavy atom. The van der Waals surface area contributed by atoms with Crippen LogP contribution in [0.1, 0.15) is 75.2 Å². The van der Waals surface area contributed by atoms with Crippen LogP contribution in [-0.2, 0) is 9.47 Å². The number of nitro benzene ring substituents is 1. The van der Waals surface area contributed by atoms with E-state index in [0.29, 0.717) is 52.0 Å². The number of aliphatic hydroxyl groups excluding tert-OH is 1. The Hall–Kier alpha value is -7.68. The van der Waals surface area contributed by atoms with Gasteiger partial charge in [0.1, 0.15) is 22.8 Å². The van der Waals surface area contributed by atoms with E-state index in [1.807, 2.05) is 66.7 Å². The number of carbonyl (C=O) groups is 2. The van der Waals surface area contributed by atoms with Crippen molar-refractivity contribution < 1.29 is 29.1 Å². The molecule has 4 aromatic heterocycles. The van der Waals surface area contributed by atoms with Crippen LogP contribution in [0.15, 0.2) is 60.9 Å². The molecule has 7 N–H and O–H groups in total. The predicted octanol–water partition coefficient (Wildman–Crippen LogP) is 8.84. The number of ether oxygens (including phenoxy) is 2. The molecule has 21 heteroatoms. The molecular formula is C43H56N14O7. The number of nitrogen functional groups attached to an aromatic ring is 1. The highest BCUT2D eigenvalue weighted by atomic mass is 16.6. The number of aliphatic hydroxyl groups is 1. The molecule has 0 saturated carbocycles. The molecule has 0 atom stereocenters. The Balaban J connectivity index is 0.000000271. The summed E-state index contributed by atoms with van der Waals surface area (Å²) in [5.74, 6) is 2.60. The van der Waals surface area contributed by atoms with Crippen LogP contribution in [0.2, 0.25) is 0 Å². The van der Waals surface area contributed by atoms with Crippen LogP contribution in [0.25, 0.3) is 0 Å². The normalized spacial score (nSPS) is 11.0. The summed E-state index contributed by atoms with van der Waals surface area (Å²) in [6.45, 7) is 21.8. The van der Waals surface area contributed by atoms with Gasteiger partial charge >= 0.3 is 12.2 Å². The highest BCUT2D eigenvalue weighted by Crippen LogP contribution is 2.27. The number of anilines is 9. The summed E-state index contributed by atoms with van der Waals surface area (Å²) in [5.41, 5.74) is 11.2. The maximum absolute atomic E-state index is 12.3. The summed E-state index contributed by atoms with van der Waals surface area (Å²) in [5, 5.41) is 39.1. The zero-order valence-corrected chi connectivity index (χ0v) is 38.3. The average molecular weight is 881 g/mol. The number of rotatable bonds is 9. The fraction of sp³-hybridized carbons (Fsp3) is 0.349. The summed E-state index contributed by atoms with van der Waals surface area (Å²) in [7, 11) is 1.00. The van der Waals surface area contributed by atoms with Gasteiger partial charge in [0.05, 0.1) is 10.6 Å². The molecule has 0 saturated heterocycles. The van der Waals surface area contributed by atoms with Crippen LogP contribution >= 0.6 is 0 Å². The SMILES string of the molecule is CO.Cc1ccc(N)cc1Nc1ncc(C)c(Nc2cc(C)n(C(=O)OC(C)(C)C)n2)n1.Cc1ccc([N+](=O)[O-])cc1Nc1ncc(C)c(Nc2cc(C)n(C(=O)OC(C)(C)C)n2)n1. The molecule has 21 nitrogen and oxygen atoms in total. The minimum Gasteiger partial charge on any atom is -0.442 e. The second-order valence-corrected chi connectivity index (χ2v) is 16.4. The van der Waals surface area contributed by atoms with Crippen molar-refractivity contribution in [1.29, 1.82) is 0 Å². The van der Waals surface area contributed by atoms with Crippen molar-refractivity contribution in [2.24, 2.45) is 0 Å². The molecular weight excluding hydrogens is 825 g/mol. The number of hydrogen-bond acceptors (Lipinski definition) is 18. The van der Waals surface area contributed by atoms with Gasteiger partial charge in [0, 0.05) is 77.7 Å². The van der Waals surface area contributed by atoms with Crippen LogP contribution in [-0.4, -0.2) is 80.0 Å². The summed E-state index contributed by atoms with van der Waals surface area (Å²) in [6, 6.07) is 13.6. The van der Waals surface area contributed by atoms with Crippen molar-refractivity contribution in [2.75, 3.05) is 34.1 Å². The molecule has 340 valence electrons. The minimum absolute atomic E-state index is 0.0354. The molecule has 4 heterocycles. The number of hydrogen-bond donors (Lipinski definition) is 6. The zero-order chi connectivity index (χ0) is 47.7. The Morgan fingerprint density at radius 1 is 0.641 bits per heavy atom. The van der Waals surface area contributed by atoms with Crippen molar-refractivity contribution >= 4 is 70.1 Å². The Kier molecular flexibility index (Phi) is 15.7. The number of benzene rings is 2. The molecule has 0 radical (unpaired) electrons. The lowest BCUT2D eigenvalue weighted by atomic mass is 10.2. The van der Waals surface area contributed by atoms with Crippen molar-refractivity contribution in [3.63, 3.8) is 0 Å². The summed E-state index contributed by atoms with van der Waals surface area (Å²) in [4.78, 5) is 52.9. The maximum atomic E-state index is 12.3. The number of aryl methyl sites for hydroxylation is 6. The first-order valence-corrected chi connectivity index (χ1v) is 19.9. The second kappa shape index (κ2) is 20.5. The first-order valence-electron chi connectivity index (χ1n) is 19.9. The topological polar surface area (TPSA) is 277 Å². The van der Waals surface area contributed by atoms with E-state index in [0.717, 1.165) is 35.1 Å². The number of non-ortho nitro benzene ring substituents is 1. The van der Waals surface area contributed by atoms with Crippen molar-refractivity contribution in [1.82, 2.24) is 39.5 Å². The molecule has 0 unspecified atom stereocenters. The van der Waals surface area contributed by atoms with E-state index in [1.54, 1.807) is 65.2 Å². The van der Waals surface area contributed by atoms with Crippen molar-refractivity contribution in [2.45, 2.75) is 94.3 Å². The van der Waals surface area contributed by atoms with Gasteiger partial charge in [-0.05, 0) is 106 Å². The lowest BCUT2D eigenvalue weighted by Gasteiger charge is -2.19. The third-order valence-electron chi connectivity index (χ3n) is 8.53. The van der Waals surface area contributed by atoms with Gasteiger partial charge in [-0.3, -0.25) is 10.1 Å². The Bertz CT molecular complexity index is 2630. The third-order valence-corrected chi connectivity index (χ3v) is 8.53. The van der Waals surface area contributed by atoms with Gasteiger partial charge < -0.3 is 41.6 Å². The second-order valence-electron chi connectivity index (χ2n) is 16.4. The van der Waals surface area contributed by atoms with Crippen molar-refractivity contribution in [3.05, 3.63) is 105 Å². The maximum Gasteiger partial charge on any atom is 0.435 e. The van der Waals surface area contributed by atoms with E-state index in [-0.39, 0.29) is 11.6 Å². The van der Waals surface area contributed by atoms with E-state index in [2.05, 4.69) is 51.4 Å². The minimum atomic E-state index is -0.641. The average Bonchev–Trinajstić information content (AvgIpc) is 3.77. The fourth-order valence-corrected chi connectivity index (χ4v) is 5.42.